The number of hydrogen-bond donors (Lipinski definition) is 2. The van der Waals surface area contributed by atoms with Crippen LogP contribution in [0.25, 0.3) is 0 Å². The van der Waals surface area contributed by atoms with E-state index in [1.807, 2.05) is 13.8 Å². The summed E-state index contributed by atoms with van der Waals surface area (Å²) in [4.78, 5) is 11.0. The van der Waals surface area contributed by atoms with Gasteiger partial charge in [-0.1, -0.05) is 0 Å². The summed E-state index contributed by atoms with van der Waals surface area (Å²) in [7, 11) is 0. The number of ether oxygens (including phenoxy) is 1. The Hall–Kier alpha value is -0.610. The monoisotopic (exact) mass is 174 g/mol. The number of carbonyl (C=O) groups excluding carboxylic acids is 1. The van der Waals surface area contributed by atoms with Crippen LogP contribution in [-0.2, 0) is 9.53 Å². The van der Waals surface area contributed by atoms with Gasteiger partial charge in [-0.05, 0) is 20.8 Å². The lowest BCUT2D eigenvalue weighted by Gasteiger charge is -2.13. The van der Waals surface area contributed by atoms with Crippen LogP contribution in [0.1, 0.15) is 20.8 Å². The van der Waals surface area contributed by atoms with Crippen molar-refractivity contribution in [3.8, 4) is 0 Å². The van der Waals surface area contributed by atoms with Crippen LogP contribution < -0.4 is 11.1 Å². The minimum absolute atomic E-state index is 0.0534. The average molecular weight is 174 g/mol. The molecule has 1 unspecified atom stereocenters. The van der Waals surface area contributed by atoms with Gasteiger partial charge in [0.2, 0.25) is 5.91 Å². The molecule has 0 saturated heterocycles. The van der Waals surface area contributed by atoms with E-state index in [9.17, 15) is 4.79 Å². The summed E-state index contributed by atoms with van der Waals surface area (Å²) >= 11 is 0. The Kier molecular flexibility index (Phi) is 5.66. The summed E-state index contributed by atoms with van der Waals surface area (Å²) < 4.78 is 5.22. The Morgan fingerprint density at radius 1 is 1.58 bits per heavy atom. The molecule has 0 aromatic heterocycles. The van der Waals surface area contributed by atoms with Crippen molar-refractivity contribution >= 4 is 5.91 Å². The van der Waals surface area contributed by atoms with E-state index in [0.29, 0.717) is 13.2 Å². The average Bonchev–Trinajstić information content (AvgIpc) is 2.00. The van der Waals surface area contributed by atoms with E-state index in [0.717, 1.165) is 0 Å². The van der Waals surface area contributed by atoms with E-state index in [4.69, 9.17) is 10.5 Å². The molecule has 0 aliphatic rings. The highest BCUT2D eigenvalue weighted by Crippen LogP contribution is 1.87. The van der Waals surface area contributed by atoms with Crippen LogP contribution in [0.4, 0.5) is 0 Å². The van der Waals surface area contributed by atoms with E-state index in [-0.39, 0.29) is 12.0 Å². The van der Waals surface area contributed by atoms with Crippen molar-refractivity contribution in [3.05, 3.63) is 0 Å². The fourth-order valence-corrected chi connectivity index (χ4v) is 0.749. The second-order valence-electron chi connectivity index (χ2n) is 2.80. The molecule has 0 aromatic carbocycles. The van der Waals surface area contributed by atoms with Gasteiger partial charge in [-0.15, -0.1) is 0 Å². The number of hydrogen-bond acceptors (Lipinski definition) is 3. The summed E-state index contributed by atoms with van der Waals surface area (Å²) in [6, 6.07) is -0.446. The number of nitrogens with two attached hydrogens (primary N) is 1. The van der Waals surface area contributed by atoms with Gasteiger partial charge in [-0.3, -0.25) is 4.79 Å². The molecule has 72 valence electrons. The molecule has 0 spiro atoms. The third-order valence-corrected chi connectivity index (χ3v) is 1.43. The van der Waals surface area contributed by atoms with E-state index >= 15 is 0 Å². The molecule has 0 radical (unpaired) electrons. The molecule has 0 saturated carbocycles. The van der Waals surface area contributed by atoms with Crippen LogP contribution in [0.2, 0.25) is 0 Å². The van der Waals surface area contributed by atoms with E-state index in [1.165, 1.54) is 0 Å². The van der Waals surface area contributed by atoms with Crippen LogP contribution in [-0.4, -0.2) is 31.2 Å². The molecule has 0 bridgehead atoms. The molecule has 2 atom stereocenters. The van der Waals surface area contributed by atoms with Gasteiger partial charge in [0.05, 0.1) is 12.1 Å². The first-order valence-corrected chi connectivity index (χ1v) is 4.22. The van der Waals surface area contributed by atoms with Crippen molar-refractivity contribution in [1.29, 1.82) is 0 Å². The van der Waals surface area contributed by atoms with Crippen molar-refractivity contribution in [1.82, 2.24) is 5.32 Å². The van der Waals surface area contributed by atoms with Crippen LogP contribution in [0, 0.1) is 0 Å². The van der Waals surface area contributed by atoms with E-state index in [1.54, 1.807) is 6.92 Å². The van der Waals surface area contributed by atoms with Crippen molar-refractivity contribution in [3.63, 3.8) is 0 Å². The zero-order valence-corrected chi connectivity index (χ0v) is 7.96. The van der Waals surface area contributed by atoms with Gasteiger partial charge in [0.25, 0.3) is 0 Å². The van der Waals surface area contributed by atoms with E-state index in [2.05, 4.69) is 5.32 Å². The largest absolute Gasteiger partial charge is 0.377 e. The minimum Gasteiger partial charge on any atom is -0.377 e. The molecule has 12 heavy (non-hydrogen) atoms. The summed E-state index contributed by atoms with van der Waals surface area (Å²) in [6.45, 7) is 6.67. The Balaban J connectivity index is 3.47. The van der Waals surface area contributed by atoms with Gasteiger partial charge < -0.3 is 15.8 Å². The van der Waals surface area contributed by atoms with Crippen LogP contribution in [0.5, 0.6) is 0 Å². The van der Waals surface area contributed by atoms with Crippen molar-refractivity contribution < 1.29 is 9.53 Å². The topological polar surface area (TPSA) is 64.3 Å². The smallest absolute Gasteiger partial charge is 0.236 e. The van der Waals surface area contributed by atoms with Crippen LogP contribution >= 0.6 is 0 Å². The maximum absolute atomic E-state index is 11.0. The van der Waals surface area contributed by atoms with Gasteiger partial charge in [0.15, 0.2) is 0 Å². The Morgan fingerprint density at radius 2 is 2.17 bits per heavy atom. The summed E-state index contributed by atoms with van der Waals surface area (Å²) in [5.74, 6) is -0.137. The lowest BCUT2D eigenvalue weighted by Crippen LogP contribution is -2.41. The zero-order valence-electron chi connectivity index (χ0n) is 7.96. The van der Waals surface area contributed by atoms with Gasteiger partial charge in [0, 0.05) is 13.2 Å². The Bertz CT molecular complexity index is 137. The minimum atomic E-state index is -0.446. The van der Waals surface area contributed by atoms with Gasteiger partial charge in [-0.25, -0.2) is 0 Å². The molecule has 3 N–H and O–H groups in total. The molecule has 0 heterocycles. The molecule has 0 aliphatic carbocycles. The van der Waals surface area contributed by atoms with Gasteiger partial charge in [-0.2, -0.15) is 0 Å². The lowest BCUT2D eigenvalue weighted by atomic mass is 10.3. The number of rotatable bonds is 5. The first-order chi connectivity index (χ1) is 5.57. The molecule has 0 rings (SSSR count). The van der Waals surface area contributed by atoms with Crippen LogP contribution in [0.15, 0.2) is 0 Å². The fraction of sp³-hybridized carbons (Fsp3) is 0.875. The number of carbonyl (C=O) groups is 1. The number of nitrogens with one attached hydrogen (secondary N) is 1. The van der Waals surface area contributed by atoms with Gasteiger partial charge >= 0.3 is 0 Å². The van der Waals surface area contributed by atoms with Crippen molar-refractivity contribution in [2.45, 2.75) is 32.9 Å². The maximum atomic E-state index is 11.0. The van der Waals surface area contributed by atoms with Crippen molar-refractivity contribution in [2.75, 3.05) is 13.2 Å². The second kappa shape index (κ2) is 5.97. The molecular weight excluding hydrogens is 156 g/mol. The number of amides is 1. The molecule has 0 fully saturated rings. The summed E-state index contributed by atoms with van der Waals surface area (Å²) in [5, 5.41) is 2.68. The Labute approximate surface area is 73.5 Å². The first-order valence-electron chi connectivity index (χ1n) is 4.22. The van der Waals surface area contributed by atoms with Gasteiger partial charge in [0.1, 0.15) is 0 Å². The Morgan fingerprint density at radius 3 is 2.58 bits per heavy atom. The first kappa shape index (κ1) is 11.4. The highest BCUT2D eigenvalue weighted by atomic mass is 16.5. The second-order valence-corrected chi connectivity index (χ2v) is 2.80. The molecular formula is C8H18N2O2. The van der Waals surface area contributed by atoms with Crippen LogP contribution in [0.3, 0.4) is 0 Å². The highest BCUT2D eigenvalue weighted by molar-refractivity contribution is 5.80. The molecule has 1 amide bonds. The predicted molar refractivity (Wildman–Crippen MR) is 47.7 cm³/mol. The third kappa shape index (κ3) is 5.09. The molecule has 4 nitrogen and oxygen atoms in total. The van der Waals surface area contributed by atoms with E-state index < -0.39 is 6.04 Å². The normalized spacial score (nSPS) is 15.3. The molecule has 0 aromatic rings. The summed E-state index contributed by atoms with van der Waals surface area (Å²) in [5.41, 5.74) is 5.34. The predicted octanol–water partition coefficient (Wildman–Crippen LogP) is -0.125. The standard InChI is InChI=1S/C8H18N2O2/c1-4-12-6(2)5-10-8(11)7(3)9/h6-7H,4-5,9H2,1-3H3,(H,10,11)/t6?,7-/m1/s1. The maximum Gasteiger partial charge on any atom is 0.236 e. The van der Waals surface area contributed by atoms with Crippen molar-refractivity contribution in [2.24, 2.45) is 5.73 Å². The fourth-order valence-electron chi connectivity index (χ4n) is 0.749. The zero-order chi connectivity index (χ0) is 9.56. The molecule has 0 aliphatic heterocycles. The lowest BCUT2D eigenvalue weighted by molar-refractivity contribution is -0.122. The summed E-state index contributed by atoms with van der Waals surface area (Å²) in [6.07, 6.45) is 0.0534. The molecule has 4 heteroatoms. The quantitative estimate of drug-likeness (QED) is 0.610. The SMILES string of the molecule is CCOC(C)CNC(=O)[C@@H](C)N. The third-order valence-electron chi connectivity index (χ3n) is 1.43. The highest BCUT2D eigenvalue weighted by Gasteiger charge is 2.08.